The van der Waals surface area contributed by atoms with Gasteiger partial charge in [-0.05, 0) is 25.1 Å². The number of pyridine rings is 1. The fraction of sp³-hybridized carbons (Fsp3) is 0.267. The fourth-order valence-electron chi connectivity index (χ4n) is 1.74. The number of fused-ring (bicyclic) bond motifs is 1. The average molecular weight is 224 g/mol. The molecule has 2 heteroatoms. The van der Waals surface area contributed by atoms with Crippen LogP contribution in [0, 0.1) is 12.3 Å². The first kappa shape index (κ1) is 11.6. The van der Waals surface area contributed by atoms with Gasteiger partial charge in [-0.2, -0.15) is 0 Å². The van der Waals surface area contributed by atoms with Gasteiger partial charge in [0.15, 0.2) is 0 Å². The number of unbranched alkanes of at least 4 members (excludes halogenated alkanes) is 1. The minimum atomic E-state index is 0.801. The van der Waals surface area contributed by atoms with Crippen LogP contribution in [0.3, 0.4) is 0 Å². The topological polar surface area (TPSA) is 24.9 Å². The van der Waals surface area contributed by atoms with Crippen molar-refractivity contribution in [2.45, 2.75) is 19.4 Å². The minimum Gasteiger partial charge on any atom is -0.311 e. The van der Waals surface area contributed by atoms with E-state index >= 15 is 0 Å². The van der Waals surface area contributed by atoms with E-state index in [0.717, 1.165) is 37.1 Å². The van der Waals surface area contributed by atoms with Gasteiger partial charge in [0, 0.05) is 18.4 Å². The molecule has 0 radical (unpaired) electrons. The molecule has 86 valence electrons. The Balaban J connectivity index is 1.93. The molecule has 0 saturated carbocycles. The van der Waals surface area contributed by atoms with Gasteiger partial charge in [0.25, 0.3) is 0 Å². The Morgan fingerprint density at radius 2 is 2.06 bits per heavy atom. The van der Waals surface area contributed by atoms with Crippen LogP contribution in [0.4, 0.5) is 0 Å². The van der Waals surface area contributed by atoms with Crippen molar-refractivity contribution in [3.63, 3.8) is 0 Å². The molecule has 0 aliphatic carbocycles. The molecule has 2 rings (SSSR count). The van der Waals surface area contributed by atoms with Crippen LogP contribution >= 0.6 is 0 Å². The van der Waals surface area contributed by atoms with Gasteiger partial charge in [0.05, 0.1) is 11.2 Å². The number of rotatable bonds is 5. The van der Waals surface area contributed by atoms with E-state index in [4.69, 9.17) is 6.42 Å². The lowest BCUT2D eigenvalue weighted by molar-refractivity contribution is 0.651. The Hall–Kier alpha value is -1.85. The van der Waals surface area contributed by atoms with E-state index in [-0.39, 0.29) is 0 Å². The summed E-state index contributed by atoms with van der Waals surface area (Å²) in [6.45, 7) is 1.74. The molecular weight excluding hydrogens is 208 g/mol. The Morgan fingerprint density at radius 1 is 1.18 bits per heavy atom. The van der Waals surface area contributed by atoms with E-state index in [2.05, 4.69) is 34.4 Å². The molecule has 0 atom stereocenters. The quantitative estimate of drug-likeness (QED) is 0.624. The van der Waals surface area contributed by atoms with Gasteiger partial charge in [0.1, 0.15) is 0 Å². The third-order valence-corrected chi connectivity index (χ3v) is 2.64. The first-order chi connectivity index (χ1) is 8.40. The van der Waals surface area contributed by atoms with Crippen molar-refractivity contribution in [1.29, 1.82) is 0 Å². The second kappa shape index (κ2) is 6.03. The Bertz CT molecular complexity index is 526. The first-order valence-electron chi connectivity index (χ1n) is 5.89. The molecule has 2 aromatic rings. The van der Waals surface area contributed by atoms with E-state index in [1.54, 1.807) is 0 Å². The average Bonchev–Trinajstić information content (AvgIpc) is 2.38. The summed E-state index contributed by atoms with van der Waals surface area (Å²) in [5.74, 6) is 2.63. The van der Waals surface area contributed by atoms with Gasteiger partial charge in [-0.25, -0.2) is 0 Å². The van der Waals surface area contributed by atoms with Gasteiger partial charge in [0.2, 0.25) is 0 Å². The molecule has 0 fully saturated rings. The number of nitrogens with one attached hydrogen (secondary N) is 1. The SMILES string of the molecule is C#CCCCNCc1ccc2ccccc2n1. The Labute approximate surface area is 102 Å². The summed E-state index contributed by atoms with van der Waals surface area (Å²) >= 11 is 0. The molecule has 1 N–H and O–H groups in total. The summed E-state index contributed by atoms with van der Waals surface area (Å²) < 4.78 is 0. The molecule has 0 spiro atoms. The highest BCUT2D eigenvalue weighted by Crippen LogP contribution is 2.11. The Kier molecular flexibility index (Phi) is 4.12. The number of hydrogen-bond acceptors (Lipinski definition) is 2. The molecule has 0 bridgehead atoms. The van der Waals surface area contributed by atoms with Crippen LogP contribution in [0.1, 0.15) is 18.5 Å². The second-order valence-electron chi connectivity index (χ2n) is 3.98. The van der Waals surface area contributed by atoms with Crippen LogP contribution in [0.25, 0.3) is 10.9 Å². The highest BCUT2D eigenvalue weighted by Gasteiger charge is 1.97. The van der Waals surface area contributed by atoms with Crippen LogP contribution in [-0.4, -0.2) is 11.5 Å². The van der Waals surface area contributed by atoms with Crippen molar-refractivity contribution in [1.82, 2.24) is 10.3 Å². The van der Waals surface area contributed by atoms with Crippen molar-refractivity contribution in [2.24, 2.45) is 0 Å². The van der Waals surface area contributed by atoms with Gasteiger partial charge >= 0.3 is 0 Å². The van der Waals surface area contributed by atoms with Crippen LogP contribution in [0.5, 0.6) is 0 Å². The number of hydrogen-bond donors (Lipinski definition) is 1. The summed E-state index contributed by atoms with van der Waals surface area (Å²) in [7, 11) is 0. The predicted octanol–water partition coefficient (Wildman–Crippen LogP) is 2.74. The molecule has 2 nitrogen and oxygen atoms in total. The number of aromatic nitrogens is 1. The van der Waals surface area contributed by atoms with Crippen molar-refractivity contribution in [2.75, 3.05) is 6.54 Å². The number of para-hydroxylation sites is 1. The van der Waals surface area contributed by atoms with Crippen molar-refractivity contribution in [3.05, 3.63) is 42.1 Å². The molecule has 1 heterocycles. The zero-order valence-corrected chi connectivity index (χ0v) is 9.82. The molecule has 0 amide bonds. The standard InChI is InChI=1S/C15H16N2/c1-2-3-6-11-16-12-14-10-9-13-7-4-5-8-15(13)17-14/h1,4-5,7-10,16H,3,6,11-12H2. The lowest BCUT2D eigenvalue weighted by atomic mass is 10.2. The number of benzene rings is 1. The number of nitrogens with zero attached hydrogens (tertiary/aromatic N) is 1. The molecule has 17 heavy (non-hydrogen) atoms. The Morgan fingerprint density at radius 3 is 2.94 bits per heavy atom. The summed E-state index contributed by atoms with van der Waals surface area (Å²) in [6, 6.07) is 12.3. The lowest BCUT2D eigenvalue weighted by Crippen LogP contribution is -2.15. The molecule has 0 aliphatic heterocycles. The van der Waals surface area contributed by atoms with Crippen LogP contribution in [-0.2, 0) is 6.54 Å². The molecular formula is C15H16N2. The second-order valence-corrected chi connectivity index (χ2v) is 3.98. The normalized spacial score (nSPS) is 10.3. The predicted molar refractivity (Wildman–Crippen MR) is 71.5 cm³/mol. The van der Waals surface area contributed by atoms with Crippen molar-refractivity contribution < 1.29 is 0 Å². The summed E-state index contributed by atoms with van der Waals surface area (Å²) in [4.78, 5) is 4.59. The zero-order chi connectivity index (χ0) is 11.9. The van der Waals surface area contributed by atoms with E-state index in [1.807, 2.05) is 18.2 Å². The monoisotopic (exact) mass is 224 g/mol. The number of terminal acetylenes is 1. The third kappa shape index (κ3) is 3.30. The van der Waals surface area contributed by atoms with E-state index in [9.17, 15) is 0 Å². The van der Waals surface area contributed by atoms with Crippen LogP contribution in [0.15, 0.2) is 36.4 Å². The van der Waals surface area contributed by atoms with Gasteiger partial charge in [-0.15, -0.1) is 12.3 Å². The first-order valence-corrected chi connectivity index (χ1v) is 5.89. The minimum absolute atomic E-state index is 0.801. The summed E-state index contributed by atoms with van der Waals surface area (Å²) in [5, 5.41) is 4.53. The maximum atomic E-state index is 5.19. The van der Waals surface area contributed by atoms with Gasteiger partial charge in [-0.3, -0.25) is 4.98 Å². The maximum Gasteiger partial charge on any atom is 0.0705 e. The van der Waals surface area contributed by atoms with Crippen molar-refractivity contribution in [3.8, 4) is 12.3 Å². The maximum absolute atomic E-state index is 5.19. The third-order valence-electron chi connectivity index (χ3n) is 2.64. The highest BCUT2D eigenvalue weighted by atomic mass is 14.9. The molecule has 0 saturated heterocycles. The van der Waals surface area contributed by atoms with Gasteiger partial charge < -0.3 is 5.32 Å². The summed E-state index contributed by atoms with van der Waals surface area (Å²) in [5.41, 5.74) is 2.12. The van der Waals surface area contributed by atoms with E-state index in [1.165, 1.54) is 5.39 Å². The van der Waals surface area contributed by atoms with Gasteiger partial charge in [-0.1, -0.05) is 24.3 Å². The zero-order valence-electron chi connectivity index (χ0n) is 9.82. The van der Waals surface area contributed by atoms with E-state index < -0.39 is 0 Å². The lowest BCUT2D eigenvalue weighted by Gasteiger charge is -2.04. The molecule has 1 aromatic heterocycles. The smallest absolute Gasteiger partial charge is 0.0705 e. The fourth-order valence-corrected chi connectivity index (χ4v) is 1.74. The van der Waals surface area contributed by atoms with Crippen LogP contribution in [0.2, 0.25) is 0 Å². The molecule has 0 aliphatic rings. The van der Waals surface area contributed by atoms with Crippen molar-refractivity contribution >= 4 is 10.9 Å². The molecule has 1 aromatic carbocycles. The molecule has 0 unspecified atom stereocenters. The highest BCUT2D eigenvalue weighted by molar-refractivity contribution is 5.78. The largest absolute Gasteiger partial charge is 0.311 e. The van der Waals surface area contributed by atoms with E-state index in [0.29, 0.717) is 0 Å². The summed E-state index contributed by atoms with van der Waals surface area (Å²) in [6.07, 6.45) is 7.04. The van der Waals surface area contributed by atoms with Crippen LogP contribution < -0.4 is 5.32 Å².